The molecule has 1 saturated heterocycles. The van der Waals surface area contributed by atoms with Crippen molar-refractivity contribution in [3.63, 3.8) is 0 Å². The first kappa shape index (κ1) is 19.1. The number of fused-ring (bicyclic) bond motifs is 1. The molecule has 0 saturated carbocycles. The molecule has 1 aliphatic heterocycles. The second-order valence-corrected chi connectivity index (χ2v) is 8.05. The standard InChI is InChI=1S/C20H20N4O4S/c21-18(26)13-5-8-23(9-6-13)16(25)11-12-1-3-14(4-2-12)24-19(27)17-15(7-10-29-17)22-20(24)28/h1-4,7,10,13H,5-6,8-9,11H2,(H2,21,26)(H,22,28). The number of rotatable bonds is 4. The lowest BCUT2D eigenvalue weighted by Crippen LogP contribution is -2.42. The van der Waals surface area contributed by atoms with Gasteiger partial charge in [-0.1, -0.05) is 12.1 Å². The quantitative estimate of drug-likeness (QED) is 0.665. The van der Waals surface area contributed by atoms with Crippen molar-refractivity contribution in [2.75, 3.05) is 13.1 Å². The second-order valence-electron chi connectivity index (χ2n) is 7.13. The lowest BCUT2D eigenvalue weighted by Gasteiger charge is -2.30. The molecule has 2 amide bonds. The summed E-state index contributed by atoms with van der Waals surface area (Å²) in [5.41, 5.74) is 6.24. The molecule has 3 N–H and O–H groups in total. The third kappa shape index (κ3) is 3.73. The van der Waals surface area contributed by atoms with Gasteiger partial charge >= 0.3 is 5.69 Å². The fourth-order valence-corrected chi connectivity index (χ4v) is 4.41. The van der Waals surface area contributed by atoms with E-state index in [1.54, 1.807) is 40.6 Å². The highest BCUT2D eigenvalue weighted by molar-refractivity contribution is 7.17. The molecular formula is C20H20N4O4S. The predicted molar refractivity (Wildman–Crippen MR) is 110 cm³/mol. The van der Waals surface area contributed by atoms with Crippen LogP contribution in [-0.2, 0) is 16.0 Å². The van der Waals surface area contributed by atoms with Gasteiger partial charge in [0.15, 0.2) is 0 Å². The Bertz CT molecular complexity index is 1180. The molecule has 0 atom stereocenters. The summed E-state index contributed by atoms with van der Waals surface area (Å²) >= 11 is 1.28. The predicted octanol–water partition coefficient (Wildman–Crippen LogP) is 1.01. The number of amides is 2. The molecule has 9 heteroatoms. The number of nitrogens with two attached hydrogens (primary N) is 1. The number of nitrogens with zero attached hydrogens (tertiary/aromatic N) is 2. The maximum Gasteiger partial charge on any atom is 0.333 e. The topological polar surface area (TPSA) is 118 Å². The van der Waals surface area contributed by atoms with Crippen LogP contribution in [0.15, 0.2) is 45.3 Å². The lowest BCUT2D eigenvalue weighted by atomic mass is 9.96. The number of hydrogen-bond donors (Lipinski definition) is 2. The van der Waals surface area contributed by atoms with Gasteiger partial charge in [-0.3, -0.25) is 14.4 Å². The minimum absolute atomic E-state index is 0.0179. The number of H-pyrrole nitrogens is 1. The Hall–Kier alpha value is -3.20. The van der Waals surface area contributed by atoms with Crippen molar-refractivity contribution in [3.05, 3.63) is 62.1 Å². The van der Waals surface area contributed by atoms with E-state index in [1.165, 1.54) is 11.3 Å². The Morgan fingerprint density at radius 2 is 1.79 bits per heavy atom. The number of benzene rings is 1. The van der Waals surface area contributed by atoms with Crippen molar-refractivity contribution in [2.24, 2.45) is 11.7 Å². The van der Waals surface area contributed by atoms with E-state index in [1.807, 2.05) is 0 Å². The van der Waals surface area contributed by atoms with Crippen LogP contribution in [0, 0.1) is 5.92 Å². The zero-order valence-corrected chi connectivity index (χ0v) is 16.4. The molecular weight excluding hydrogens is 392 g/mol. The molecule has 150 valence electrons. The number of aromatic amines is 1. The minimum atomic E-state index is -0.498. The van der Waals surface area contributed by atoms with Crippen LogP contribution in [0.25, 0.3) is 15.9 Å². The second kappa shape index (κ2) is 7.67. The van der Waals surface area contributed by atoms with E-state index >= 15 is 0 Å². The molecule has 3 aromatic rings. The van der Waals surface area contributed by atoms with E-state index in [-0.39, 0.29) is 29.7 Å². The first-order valence-electron chi connectivity index (χ1n) is 9.33. The Balaban J connectivity index is 1.49. The average Bonchev–Trinajstić information content (AvgIpc) is 3.18. The number of likely N-dealkylation sites (tertiary alicyclic amines) is 1. The molecule has 0 spiro atoms. The molecule has 4 rings (SSSR count). The lowest BCUT2D eigenvalue weighted by molar-refractivity contribution is -0.134. The number of nitrogens with one attached hydrogen (secondary N) is 1. The van der Waals surface area contributed by atoms with Crippen molar-refractivity contribution >= 4 is 33.4 Å². The van der Waals surface area contributed by atoms with Crippen LogP contribution in [-0.4, -0.2) is 39.4 Å². The largest absolute Gasteiger partial charge is 0.369 e. The van der Waals surface area contributed by atoms with Gasteiger partial charge in [0.1, 0.15) is 4.70 Å². The highest BCUT2D eigenvalue weighted by Gasteiger charge is 2.25. The summed E-state index contributed by atoms with van der Waals surface area (Å²) in [6.45, 7) is 1.05. The van der Waals surface area contributed by atoms with Gasteiger partial charge in [0.05, 0.1) is 17.6 Å². The minimum Gasteiger partial charge on any atom is -0.369 e. The number of thiophene rings is 1. The van der Waals surface area contributed by atoms with E-state index in [0.29, 0.717) is 41.8 Å². The van der Waals surface area contributed by atoms with Gasteiger partial charge in [-0.15, -0.1) is 11.3 Å². The maximum absolute atomic E-state index is 12.6. The number of hydrogen-bond acceptors (Lipinski definition) is 5. The first-order chi connectivity index (χ1) is 13.9. The van der Waals surface area contributed by atoms with E-state index in [4.69, 9.17) is 5.73 Å². The fourth-order valence-electron chi connectivity index (χ4n) is 3.64. The highest BCUT2D eigenvalue weighted by atomic mass is 32.1. The molecule has 3 heterocycles. The van der Waals surface area contributed by atoms with Crippen LogP contribution in [0.3, 0.4) is 0 Å². The number of primary amides is 1. The Morgan fingerprint density at radius 1 is 1.10 bits per heavy atom. The van der Waals surface area contributed by atoms with Crippen LogP contribution in [0.4, 0.5) is 0 Å². The van der Waals surface area contributed by atoms with Gasteiger partial charge < -0.3 is 15.6 Å². The molecule has 0 unspecified atom stereocenters. The summed E-state index contributed by atoms with van der Waals surface area (Å²) in [5, 5.41) is 1.76. The first-order valence-corrected chi connectivity index (χ1v) is 10.2. The summed E-state index contributed by atoms with van der Waals surface area (Å²) in [7, 11) is 0. The monoisotopic (exact) mass is 412 g/mol. The molecule has 1 fully saturated rings. The Morgan fingerprint density at radius 3 is 2.45 bits per heavy atom. The van der Waals surface area contributed by atoms with Crippen LogP contribution in [0.2, 0.25) is 0 Å². The van der Waals surface area contributed by atoms with Crippen LogP contribution in [0.5, 0.6) is 0 Å². The molecule has 1 aliphatic rings. The van der Waals surface area contributed by atoms with Gasteiger partial charge in [0, 0.05) is 19.0 Å². The number of piperidine rings is 1. The summed E-state index contributed by atoms with van der Waals surface area (Å²) in [4.78, 5) is 53.1. The fraction of sp³-hybridized carbons (Fsp3) is 0.300. The smallest absolute Gasteiger partial charge is 0.333 e. The molecule has 1 aromatic carbocycles. The van der Waals surface area contributed by atoms with E-state index in [0.717, 1.165) is 10.1 Å². The van der Waals surface area contributed by atoms with Crippen LogP contribution < -0.4 is 17.0 Å². The molecule has 0 aliphatic carbocycles. The zero-order valence-electron chi connectivity index (χ0n) is 15.6. The van der Waals surface area contributed by atoms with Crippen molar-refractivity contribution < 1.29 is 9.59 Å². The van der Waals surface area contributed by atoms with Crippen LogP contribution in [0.1, 0.15) is 18.4 Å². The van der Waals surface area contributed by atoms with Crippen molar-refractivity contribution in [1.82, 2.24) is 14.5 Å². The van der Waals surface area contributed by atoms with Crippen molar-refractivity contribution in [1.29, 1.82) is 0 Å². The van der Waals surface area contributed by atoms with Gasteiger partial charge in [0.25, 0.3) is 5.56 Å². The van der Waals surface area contributed by atoms with Gasteiger partial charge in [-0.25, -0.2) is 9.36 Å². The molecule has 2 aromatic heterocycles. The third-order valence-electron chi connectivity index (χ3n) is 5.31. The normalized spacial score (nSPS) is 15.0. The molecule has 0 radical (unpaired) electrons. The van der Waals surface area contributed by atoms with Crippen molar-refractivity contribution in [3.8, 4) is 5.69 Å². The van der Waals surface area contributed by atoms with Gasteiger partial charge in [0.2, 0.25) is 11.8 Å². The summed E-state index contributed by atoms with van der Waals surface area (Å²) in [6, 6.07) is 8.52. The third-order valence-corrected chi connectivity index (χ3v) is 6.21. The van der Waals surface area contributed by atoms with Crippen molar-refractivity contribution in [2.45, 2.75) is 19.3 Å². The Kier molecular flexibility index (Phi) is 5.06. The molecule has 0 bridgehead atoms. The summed E-state index contributed by atoms with van der Waals surface area (Å²) in [5.74, 6) is -0.482. The summed E-state index contributed by atoms with van der Waals surface area (Å²) in [6.07, 6.45) is 1.41. The average molecular weight is 412 g/mol. The van der Waals surface area contributed by atoms with E-state index in [9.17, 15) is 19.2 Å². The van der Waals surface area contributed by atoms with Gasteiger partial charge in [-0.05, 0) is 42.0 Å². The maximum atomic E-state index is 12.6. The summed E-state index contributed by atoms with van der Waals surface area (Å²) < 4.78 is 1.59. The Labute approximate surface area is 169 Å². The molecule has 29 heavy (non-hydrogen) atoms. The number of aromatic nitrogens is 2. The number of carbonyl (C=O) groups is 2. The SMILES string of the molecule is NC(=O)C1CCN(C(=O)Cc2ccc(-n3c(=O)[nH]c4ccsc4c3=O)cc2)CC1. The van der Waals surface area contributed by atoms with Crippen LogP contribution >= 0.6 is 11.3 Å². The van der Waals surface area contributed by atoms with Gasteiger partial charge in [-0.2, -0.15) is 0 Å². The van der Waals surface area contributed by atoms with E-state index < -0.39 is 5.69 Å². The molecule has 8 nitrogen and oxygen atoms in total. The highest BCUT2D eigenvalue weighted by Crippen LogP contribution is 2.18. The number of carbonyl (C=O) groups excluding carboxylic acids is 2. The van der Waals surface area contributed by atoms with E-state index in [2.05, 4.69) is 4.98 Å². The zero-order chi connectivity index (χ0) is 20.5.